The van der Waals surface area contributed by atoms with Crippen molar-refractivity contribution in [3.63, 3.8) is 0 Å². The first kappa shape index (κ1) is 14.4. The van der Waals surface area contributed by atoms with E-state index in [4.69, 9.17) is 4.74 Å². The van der Waals surface area contributed by atoms with Crippen molar-refractivity contribution >= 4 is 0 Å². The van der Waals surface area contributed by atoms with E-state index in [0.717, 1.165) is 24.4 Å². The number of rotatable bonds is 6. The smallest absolute Gasteiger partial charge is 0.119 e. The Labute approximate surface area is 131 Å². The molecule has 0 spiro atoms. The van der Waals surface area contributed by atoms with Crippen LogP contribution in [0.15, 0.2) is 67.0 Å². The molecule has 3 aromatic rings. The van der Waals surface area contributed by atoms with Crippen LogP contribution in [0.2, 0.25) is 0 Å². The molecule has 0 aliphatic heterocycles. The zero-order valence-electron chi connectivity index (χ0n) is 12.8. The molecule has 0 unspecified atom stereocenters. The predicted molar refractivity (Wildman–Crippen MR) is 87.8 cm³/mol. The second kappa shape index (κ2) is 6.94. The van der Waals surface area contributed by atoms with E-state index >= 15 is 0 Å². The lowest BCUT2D eigenvalue weighted by Crippen LogP contribution is -2.00. The van der Waals surface area contributed by atoms with E-state index in [1.54, 1.807) is 0 Å². The number of ether oxygens (including phenoxy) is 1. The number of hydrogen-bond acceptors (Lipinski definition) is 2. The first-order valence-corrected chi connectivity index (χ1v) is 7.53. The lowest BCUT2D eigenvalue weighted by atomic mass is 10.1. The minimum Gasteiger partial charge on any atom is -0.489 e. The minimum atomic E-state index is 0.605. The Morgan fingerprint density at radius 1 is 0.909 bits per heavy atom. The van der Waals surface area contributed by atoms with Gasteiger partial charge in [-0.15, -0.1) is 0 Å². The van der Waals surface area contributed by atoms with Gasteiger partial charge in [0.2, 0.25) is 0 Å². The molecule has 0 bridgehead atoms. The summed E-state index contributed by atoms with van der Waals surface area (Å²) in [4.78, 5) is 4.35. The average molecular weight is 292 g/mol. The van der Waals surface area contributed by atoms with Gasteiger partial charge in [0.25, 0.3) is 0 Å². The summed E-state index contributed by atoms with van der Waals surface area (Å²) in [7, 11) is 2.03. The quantitative estimate of drug-likeness (QED) is 0.691. The summed E-state index contributed by atoms with van der Waals surface area (Å²) in [6, 6.07) is 18.5. The second-order valence-electron chi connectivity index (χ2n) is 5.37. The van der Waals surface area contributed by atoms with E-state index in [9.17, 15) is 0 Å². The van der Waals surface area contributed by atoms with Crippen molar-refractivity contribution in [1.82, 2.24) is 9.55 Å². The first-order valence-electron chi connectivity index (χ1n) is 7.53. The van der Waals surface area contributed by atoms with E-state index in [1.165, 1.54) is 11.1 Å². The summed E-state index contributed by atoms with van der Waals surface area (Å²) < 4.78 is 7.87. The monoisotopic (exact) mass is 292 g/mol. The molecule has 0 saturated carbocycles. The van der Waals surface area contributed by atoms with Crippen LogP contribution in [0.1, 0.15) is 17.0 Å². The Morgan fingerprint density at radius 3 is 2.36 bits per heavy atom. The number of imidazole rings is 1. The Balaban J connectivity index is 1.53. The van der Waals surface area contributed by atoms with Gasteiger partial charge in [-0.1, -0.05) is 42.5 Å². The molecule has 1 heterocycles. The number of hydrogen-bond donors (Lipinski definition) is 0. The molecule has 0 atom stereocenters. The van der Waals surface area contributed by atoms with Crippen LogP contribution in [-0.4, -0.2) is 9.55 Å². The van der Waals surface area contributed by atoms with Gasteiger partial charge in [-0.05, 0) is 29.7 Å². The summed E-state index contributed by atoms with van der Waals surface area (Å²) in [5.41, 5.74) is 2.48. The standard InChI is InChI=1S/C19H20N2O/c1-21-14-13-20-19(21)12-9-16-7-10-18(11-8-16)22-15-17-5-3-2-4-6-17/h2-8,10-11,13-14H,9,12,15H2,1H3. The Hall–Kier alpha value is -2.55. The highest BCUT2D eigenvalue weighted by Gasteiger charge is 2.01. The van der Waals surface area contributed by atoms with Crippen LogP contribution in [0.3, 0.4) is 0 Å². The maximum Gasteiger partial charge on any atom is 0.119 e. The molecule has 1 aromatic heterocycles. The molecule has 0 aliphatic carbocycles. The molecule has 0 N–H and O–H groups in total. The third-order valence-corrected chi connectivity index (χ3v) is 3.73. The summed E-state index contributed by atoms with van der Waals surface area (Å²) >= 11 is 0. The molecular weight excluding hydrogens is 272 g/mol. The summed E-state index contributed by atoms with van der Waals surface area (Å²) in [6.07, 6.45) is 5.77. The van der Waals surface area contributed by atoms with Crippen LogP contribution in [0.25, 0.3) is 0 Å². The van der Waals surface area contributed by atoms with Gasteiger partial charge in [-0.2, -0.15) is 0 Å². The van der Waals surface area contributed by atoms with E-state index < -0.39 is 0 Å². The summed E-state index contributed by atoms with van der Waals surface area (Å²) in [5, 5.41) is 0. The SMILES string of the molecule is Cn1ccnc1CCc1ccc(OCc2ccccc2)cc1. The third-order valence-electron chi connectivity index (χ3n) is 3.73. The van der Waals surface area contributed by atoms with E-state index in [0.29, 0.717) is 6.61 Å². The minimum absolute atomic E-state index is 0.605. The van der Waals surface area contributed by atoms with Crippen molar-refractivity contribution in [1.29, 1.82) is 0 Å². The van der Waals surface area contributed by atoms with Gasteiger partial charge >= 0.3 is 0 Å². The van der Waals surface area contributed by atoms with Crippen LogP contribution in [-0.2, 0) is 26.5 Å². The Morgan fingerprint density at radius 2 is 1.68 bits per heavy atom. The molecule has 0 fully saturated rings. The van der Waals surface area contributed by atoms with Gasteiger partial charge in [0.15, 0.2) is 0 Å². The van der Waals surface area contributed by atoms with Crippen LogP contribution in [0.5, 0.6) is 5.75 Å². The van der Waals surface area contributed by atoms with E-state index in [-0.39, 0.29) is 0 Å². The highest BCUT2D eigenvalue weighted by atomic mass is 16.5. The Kier molecular flexibility index (Phi) is 4.54. The van der Waals surface area contributed by atoms with Crippen LogP contribution in [0, 0.1) is 0 Å². The van der Waals surface area contributed by atoms with Crippen LogP contribution in [0.4, 0.5) is 0 Å². The number of nitrogens with zero attached hydrogens (tertiary/aromatic N) is 2. The average Bonchev–Trinajstić information content (AvgIpc) is 2.98. The Bertz CT molecular complexity index is 702. The fourth-order valence-electron chi connectivity index (χ4n) is 2.39. The zero-order chi connectivity index (χ0) is 15.2. The highest BCUT2D eigenvalue weighted by molar-refractivity contribution is 5.28. The summed E-state index contributed by atoms with van der Waals surface area (Å²) in [6.45, 7) is 0.605. The van der Waals surface area contributed by atoms with Crippen molar-refractivity contribution in [3.8, 4) is 5.75 Å². The predicted octanol–water partition coefficient (Wildman–Crippen LogP) is 3.78. The number of benzene rings is 2. The lowest BCUT2D eigenvalue weighted by molar-refractivity contribution is 0.306. The normalized spacial score (nSPS) is 10.6. The molecule has 0 saturated heterocycles. The maximum absolute atomic E-state index is 5.80. The number of aryl methyl sites for hydroxylation is 3. The number of aromatic nitrogens is 2. The van der Waals surface area contributed by atoms with Gasteiger partial charge in [0, 0.05) is 25.9 Å². The topological polar surface area (TPSA) is 27.1 Å². The second-order valence-corrected chi connectivity index (χ2v) is 5.37. The molecule has 3 rings (SSSR count). The van der Waals surface area contributed by atoms with Gasteiger partial charge in [0.1, 0.15) is 18.2 Å². The zero-order valence-corrected chi connectivity index (χ0v) is 12.8. The lowest BCUT2D eigenvalue weighted by Gasteiger charge is -2.07. The largest absolute Gasteiger partial charge is 0.489 e. The first-order chi connectivity index (χ1) is 10.8. The van der Waals surface area contributed by atoms with Crippen molar-refractivity contribution in [2.24, 2.45) is 7.05 Å². The molecule has 3 heteroatoms. The van der Waals surface area contributed by atoms with E-state index in [1.807, 2.05) is 49.8 Å². The van der Waals surface area contributed by atoms with Gasteiger partial charge in [-0.25, -0.2) is 4.98 Å². The molecule has 3 nitrogen and oxygen atoms in total. The third kappa shape index (κ3) is 3.76. The van der Waals surface area contributed by atoms with Crippen molar-refractivity contribution < 1.29 is 4.74 Å². The van der Waals surface area contributed by atoms with E-state index in [2.05, 4.69) is 33.8 Å². The molecule has 22 heavy (non-hydrogen) atoms. The maximum atomic E-state index is 5.80. The molecule has 0 aliphatic rings. The fraction of sp³-hybridized carbons (Fsp3) is 0.211. The molecule has 0 radical (unpaired) electrons. The van der Waals surface area contributed by atoms with Crippen LogP contribution >= 0.6 is 0 Å². The van der Waals surface area contributed by atoms with Gasteiger partial charge in [0.05, 0.1) is 0 Å². The van der Waals surface area contributed by atoms with Crippen LogP contribution < -0.4 is 4.74 Å². The molecule has 0 amide bonds. The van der Waals surface area contributed by atoms with Crippen molar-refractivity contribution in [2.75, 3.05) is 0 Å². The summed E-state index contributed by atoms with van der Waals surface area (Å²) in [5.74, 6) is 2.02. The van der Waals surface area contributed by atoms with Gasteiger partial charge < -0.3 is 9.30 Å². The molecule has 2 aromatic carbocycles. The van der Waals surface area contributed by atoms with Crippen molar-refractivity contribution in [3.05, 3.63) is 83.9 Å². The van der Waals surface area contributed by atoms with Gasteiger partial charge in [-0.3, -0.25) is 0 Å². The fourth-order valence-corrected chi connectivity index (χ4v) is 2.39. The molecule has 112 valence electrons. The molecular formula is C19H20N2O. The highest BCUT2D eigenvalue weighted by Crippen LogP contribution is 2.15. The van der Waals surface area contributed by atoms with Crippen molar-refractivity contribution in [2.45, 2.75) is 19.4 Å².